The van der Waals surface area contributed by atoms with Crippen LogP contribution in [0.1, 0.15) is 20.3 Å². The number of rotatable bonds is 6. The van der Waals surface area contributed by atoms with Crippen LogP contribution in [0.5, 0.6) is 0 Å². The van der Waals surface area contributed by atoms with Gasteiger partial charge in [0.1, 0.15) is 0 Å². The molecule has 0 saturated carbocycles. The fraction of sp³-hybridized carbons (Fsp3) is 0.429. The minimum atomic E-state index is -0.115. The van der Waals surface area contributed by atoms with Crippen molar-refractivity contribution >= 4 is 28.9 Å². The molecule has 0 fully saturated rings. The molecule has 1 rings (SSSR count). The first kappa shape index (κ1) is 15.4. The summed E-state index contributed by atoms with van der Waals surface area (Å²) >= 11 is 4.86. The molecule has 1 aromatic carbocycles. The average molecular weight is 279 g/mol. The highest BCUT2D eigenvalue weighted by Gasteiger charge is 2.15. The molecular formula is C14H21N3OS. The molecule has 19 heavy (non-hydrogen) atoms. The molecule has 0 radical (unpaired) electrons. The van der Waals surface area contributed by atoms with Crippen LogP contribution < -0.4 is 11.1 Å². The van der Waals surface area contributed by atoms with Gasteiger partial charge < -0.3 is 16.0 Å². The average Bonchev–Trinajstić information content (AvgIpc) is 2.35. The van der Waals surface area contributed by atoms with Gasteiger partial charge in [-0.3, -0.25) is 0 Å². The molecule has 4 nitrogen and oxygen atoms in total. The SMILES string of the molecule is CC(C)CN(CCC(N)=S)C(=O)Nc1ccccc1. The van der Waals surface area contributed by atoms with E-state index in [4.69, 9.17) is 18.0 Å². The summed E-state index contributed by atoms with van der Waals surface area (Å²) in [5.74, 6) is 0.396. The Bertz CT molecular complexity index is 420. The van der Waals surface area contributed by atoms with Gasteiger partial charge in [-0.2, -0.15) is 0 Å². The van der Waals surface area contributed by atoms with E-state index in [0.717, 1.165) is 5.69 Å². The normalized spacial score (nSPS) is 10.3. The van der Waals surface area contributed by atoms with Crippen molar-refractivity contribution in [2.75, 3.05) is 18.4 Å². The van der Waals surface area contributed by atoms with Gasteiger partial charge >= 0.3 is 6.03 Å². The van der Waals surface area contributed by atoms with Crippen molar-refractivity contribution in [1.82, 2.24) is 4.90 Å². The third kappa shape index (κ3) is 6.20. The zero-order valence-electron chi connectivity index (χ0n) is 11.4. The molecule has 104 valence electrons. The number of hydrogen-bond donors (Lipinski definition) is 2. The second kappa shape index (κ2) is 7.74. The Balaban J connectivity index is 2.62. The Morgan fingerprint density at radius 3 is 2.53 bits per heavy atom. The van der Waals surface area contributed by atoms with Crippen molar-refractivity contribution in [1.29, 1.82) is 0 Å². The zero-order valence-corrected chi connectivity index (χ0v) is 12.2. The van der Waals surface area contributed by atoms with Crippen LogP contribution in [-0.2, 0) is 0 Å². The number of thiocarbonyl (C=S) groups is 1. The Morgan fingerprint density at radius 2 is 2.00 bits per heavy atom. The maximum Gasteiger partial charge on any atom is 0.321 e. The van der Waals surface area contributed by atoms with Crippen LogP contribution in [-0.4, -0.2) is 29.0 Å². The topological polar surface area (TPSA) is 58.4 Å². The van der Waals surface area contributed by atoms with Crippen LogP contribution in [0.3, 0.4) is 0 Å². The number of nitrogens with two attached hydrogens (primary N) is 1. The third-order valence-corrected chi connectivity index (χ3v) is 2.73. The standard InChI is InChI=1S/C14H21N3OS/c1-11(2)10-17(9-8-13(15)19)14(18)16-12-6-4-3-5-7-12/h3-7,11H,8-10H2,1-2H3,(H2,15,19)(H,16,18). The van der Waals surface area contributed by atoms with Crippen LogP contribution in [0.25, 0.3) is 0 Å². The molecule has 0 spiro atoms. The second-order valence-electron chi connectivity index (χ2n) is 4.85. The molecule has 0 aliphatic carbocycles. The summed E-state index contributed by atoms with van der Waals surface area (Å²) < 4.78 is 0. The minimum absolute atomic E-state index is 0.115. The van der Waals surface area contributed by atoms with Gasteiger partial charge in [0, 0.05) is 25.2 Å². The fourth-order valence-corrected chi connectivity index (χ4v) is 1.78. The van der Waals surface area contributed by atoms with Crippen molar-refractivity contribution in [3.05, 3.63) is 30.3 Å². The van der Waals surface area contributed by atoms with Gasteiger partial charge in [-0.15, -0.1) is 0 Å². The lowest BCUT2D eigenvalue weighted by Crippen LogP contribution is -2.39. The van der Waals surface area contributed by atoms with Gasteiger partial charge in [0.2, 0.25) is 0 Å². The van der Waals surface area contributed by atoms with Crippen molar-refractivity contribution in [2.24, 2.45) is 11.7 Å². The molecule has 0 aromatic heterocycles. The van der Waals surface area contributed by atoms with Crippen LogP contribution >= 0.6 is 12.2 Å². The summed E-state index contributed by atoms with van der Waals surface area (Å²) in [6.07, 6.45) is 0.546. The highest BCUT2D eigenvalue weighted by molar-refractivity contribution is 7.80. The largest absolute Gasteiger partial charge is 0.393 e. The number of urea groups is 1. The Hall–Kier alpha value is -1.62. The fourth-order valence-electron chi connectivity index (χ4n) is 1.69. The van der Waals surface area contributed by atoms with Gasteiger partial charge in [0.15, 0.2) is 0 Å². The summed E-state index contributed by atoms with van der Waals surface area (Å²) in [4.78, 5) is 14.4. The van der Waals surface area contributed by atoms with Crippen molar-refractivity contribution in [2.45, 2.75) is 20.3 Å². The van der Waals surface area contributed by atoms with Crippen LogP contribution in [0.2, 0.25) is 0 Å². The predicted molar refractivity (Wildman–Crippen MR) is 83.3 cm³/mol. The Kier molecular flexibility index (Phi) is 6.29. The number of anilines is 1. The molecule has 3 N–H and O–H groups in total. The number of benzene rings is 1. The molecular weight excluding hydrogens is 258 g/mol. The molecule has 0 saturated heterocycles. The van der Waals surface area contributed by atoms with E-state index in [9.17, 15) is 4.79 Å². The van der Waals surface area contributed by atoms with Crippen molar-refractivity contribution in [3.63, 3.8) is 0 Å². The number of para-hydroxylation sites is 1. The van der Waals surface area contributed by atoms with E-state index in [-0.39, 0.29) is 6.03 Å². The van der Waals surface area contributed by atoms with E-state index in [1.54, 1.807) is 4.90 Å². The number of carbonyl (C=O) groups excluding carboxylic acids is 1. The van der Waals surface area contributed by atoms with Gasteiger partial charge in [-0.25, -0.2) is 4.79 Å². The van der Waals surface area contributed by atoms with Gasteiger partial charge in [0.25, 0.3) is 0 Å². The van der Waals surface area contributed by atoms with E-state index in [1.807, 2.05) is 30.3 Å². The van der Waals surface area contributed by atoms with E-state index < -0.39 is 0 Å². The van der Waals surface area contributed by atoms with E-state index in [0.29, 0.717) is 30.4 Å². The smallest absolute Gasteiger partial charge is 0.321 e. The van der Waals surface area contributed by atoms with E-state index >= 15 is 0 Å². The first-order valence-electron chi connectivity index (χ1n) is 6.38. The quantitative estimate of drug-likeness (QED) is 0.787. The summed E-state index contributed by atoms with van der Waals surface area (Å²) in [6.45, 7) is 5.38. The monoisotopic (exact) mass is 279 g/mol. The third-order valence-electron chi connectivity index (χ3n) is 2.53. The van der Waals surface area contributed by atoms with Gasteiger partial charge in [-0.05, 0) is 18.1 Å². The van der Waals surface area contributed by atoms with E-state index in [1.165, 1.54) is 0 Å². The second-order valence-corrected chi connectivity index (χ2v) is 5.38. The lowest BCUT2D eigenvalue weighted by atomic mass is 10.2. The predicted octanol–water partition coefficient (Wildman–Crippen LogP) is 2.85. The molecule has 0 unspecified atom stereocenters. The number of amides is 2. The summed E-state index contributed by atoms with van der Waals surface area (Å²) in [5, 5.41) is 2.87. The molecule has 0 bridgehead atoms. The highest BCUT2D eigenvalue weighted by atomic mass is 32.1. The molecule has 5 heteroatoms. The Morgan fingerprint density at radius 1 is 1.37 bits per heavy atom. The molecule has 0 aliphatic rings. The van der Waals surface area contributed by atoms with Crippen molar-refractivity contribution in [3.8, 4) is 0 Å². The lowest BCUT2D eigenvalue weighted by molar-refractivity contribution is 0.206. The number of nitrogens with one attached hydrogen (secondary N) is 1. The molecule has 0 aliphatic heterocycles. The molecule has 0 heterocycles. The van der Waals surface area contributed by atoms with Crippen molar-refractivity contribution < 1.29 is 4.79 Å². The zero-order chi connectivity index (χ0) is 14.3. The van der Waals surface area contributed by atoms with Gasteiger partial charge in [0.05, 0.1) is 4.99 Å². The number of nitrogens with zero attached hydrogens (tertiary/aromatic N) is 1. The van der Waals surface area contributed by atoms with Gasteiger partial charge in [-0.1, -0.05) is 44.3 Å². The number of carbonyl (C=O) groups is 1. The molecule has 1 aromatic rings. The van der Waals surface area contributed by atoms with Crippen LogP contribution in [0.15, 0.2) is 30.3 Å². The summed E-state index contributed by atoms with van der Waals surface area (Å²) in [6, 6.07) is 9.29. The maximum absolute atomic E-state index is 12.2. The Labute approximate surface area is 120 Å². The number of hydrogen-bond acceptors (Lipinski definition) is 2. The summed E-state index contributed by atoms with van der Waals surface area (Å²) in [5.41, 5.74) is 6.29. The first-order chi connectivity index (χ1) is 8.99. The summed E-state index contributed by atoms with van der Waals surface area (Å²) in [7, 11) is 0. The van der Waals surface area contributed by atoms with Crippen LogP contribution in [0, 0.1) is 5.92 Å². The lowest BCUT2D eigenvalue weighted by Gasteiger charge is -2.24. The molecule has 2 amide bonds. The van der Waals surface area contributed by atoms with E-state index in [2.05, 4.69) is 19.2 Å². The molecule has 0 atom stereocenters. The minimum Gasteiger partial charge on any atom is -0.393 e. The maximum atomic E-state index is 12.2. The highest BCUT2D eigenvalue weighted by Crippen LogP contribution is 2.08. The van der Waals surface area contributed by atoms with Crippen LogP contribution in [0.4, 0.5) is 10.5 Å². The first-order valence-corrected chi connectivity index (χ1v) is 6.79.